The molecule has 0 amide bonds. The molecule has 34 heavy (non-hydrogen) atoms. The molecule has 0 aromatic heterocycles. The van der Waals surface area contributed by atoms with Crippen LogP contribution in [0.4, 0.5) is 0 Å². The molecule has 1 saturated heterocycles. The lowest BCUT2D eigenvalue weighted by molar-refractivity contribution is -0.319. The van der Waals surface area contributed by atoms with Gasteiger partial charge in [-0.2, -0.15) is 0 Å². The quantitative estimate of drug-likeness (QED) is 0.231. The zero-order chi connectivity index (χ0) is 24.8. The Morgan fingerprint density at radius 3 is 2.41 bits per heavy atom. The molecule has 1 aliphatic heterocycles. The predicted octanol–water partition coefficient (Wildman–Crippen LogP) is -1.34. The third-order valence-corrected chi connectivity index (χ3v) is 5.55. The molecule has 0 bridgehead atoms. The SMILES string of the molecule is COC(=O)C1=CC(O)C(O)C(OC2OC(COC(=O)C=Cc3ccccc3)C(O)C(O)C2O)C1. The molecule has 186 valence electrons. The maximum Gasteiger partial charge on any atom is 0.333 e. The summed E-state index contributed by atoms with van der Waals surface area (Å²) in [5.74, 6) is -1.45. The van der Waals surface area contributed by atoms with Crippen LogP contribution in [0, 0.1) is 0 Å². The third-order valence-electron chi connectivity index (χ3n) is 5.55. The summed E-state index contributed by atoms with van der Waals surface area (Å²) >= 11 is 0. The van der Waals surface area contributed by atoms with E-state index in [9.17, 15) is 35.1 Å². The van der Waals surface area contributed by atoms with Crippen LogP contribution in [0.1, 0.15) is 12.0 Å². The van der Waals surface area contributed by atoms with Crippen LogP contribution in [0.5, 0.6) is 0 Å². The lowest BCUT2D eigenvalue weighted by Gasteiger charge is -2.42. The Balaban J connectivity index is 1.62. The topological polar surface area (TPSA) is 172 Å². The number of rotatable bonds is 7. The second-order valence-corrected chi connectivity index (χ2v) is 7.93. The summed E-state index contributed by atoms with van der Waals surface area (Å²) in [7, 11) is 1.16. The fraction of sp³-hybridized carbons (Fsp3) is 0.478. The van der Waals surface area contributed by atoms with Crippen LogP contribution in [0.2, 0.25) is 0 Å². The molecule has 3 rings (SSSR count). The van der Waals surface area contributed by atoms with Crippen LogP contribution in [-0.2, 0) is 28.5 Å². The van der Waals surface area contributed by atoms with Gasteiger partial charge in [0.1, 0.15) is 43.2 Å². The zero-order valence-corrected chi connectivity index (χ0v) is 18.3. The average molecular weight is 480 g/mol. The van der Waals surface area contributed by atoms with Gasteiger partial charge in [-0.25, -0.2) is 9.59 Å². The average Bonchev–Trinajstić information content (AvgIpc) is 2.84. The monoisotopic (exact) mass is 480 g/mol. The Morgan fingerprint density at radius 2 is 1.74 bits per heavy atom. The Labute approximate surface area is 195 Å². The van der Waals surface area contributed by atoms with Crippen LogP contribution in [0.3, 0.4) is 0 Å². The van der Waals surface area contributed by atoms with E-state index in [1.54, 1.807) is 24.3 Å². The molecule has 11 nitrogen and oxygen atoms in total. The molecule has 8 unspecified atom stereocenters. The molecule has 8 atom stereocenters. The van der Waals surface area contributed by atoms with Gasteiger partial charge in [0.05, 0.1) is 13.2 Å². The van der Waals surface area contributed by atoms with Crippen LogP contribution >= 0.6 is 0 Å². The molecule has 1 fully saturated rings. The van der Waals surface area contributed by atoms with Gasteiger partial charge in [0, 0.05) is 18.1 Å². The van der Waals surface area contributed by atoms with Crippen molar-refractivity contribution >= 4 is 18.0 Å². The lowest BCUT2D eigenvalue weighted by atomic mass is 9.91. The van der Waals surface area contributed by atoms with Crippen molar-refractivity contribution in [2.75, 3.05) is 13.7 Å². The van der Waals surface area contributed by atoms with E-state index in [1.807, 2.05) is 6.07 Å². The number of carbonyl (C=O) groups is 2. The van der Waals surface area contributed by atoms with E-state index in [2.05, 4.69) is 4.74 Å². The lowest BCUT2D eigenvalue weighted by Crippen LogP contribution is -2.60. The summed E-state index contributed by atoms with van der Waals surface area (Å²) in [5, 5.41) is 51.0. The smallest absolute Gasteiger partial charge is 0.333 e. The van der Waals surface area contributed by atoms with Crippen LogP contribution in [0.15, 0.2) is 48.1 Å². The molecule has 2 aliphatic rings. The zero-order valence-electron chi connectivity index (χ0n) is 18.3. The second kappa shape index (κ2) is 11.7. The van der Waals surface area contributed by atoms with Gasteiger partial charge in [-0.1, -0.05) is 30.3 Å². The van der Waals surface area contributed by atoms with E-state index in [0.29, 0.717) is 0 Å². The molecule has 0 saturated carbocycles. The summed E-state index contributed by atoms with van der Waals surface area (Å²) in [6, 6.07) is 9.01. The summed E-state index contributed by atoms with van der Waals surface area (Å²) in [6.45, 7) is -0.466. The number of ether oxygens (including phenoxy) is 4. The van der Waals surface area contributed by atoms with Crippen molar-refractivity contribution in [2.45, 2.75) is 55.4 Å². The number of methoxy groups -OCH3 is 1. The van der Waals surface area contributed by atoms with Gasteiger partial charge in [-0.3, -0.25) is 0 Å². The van der Waals surface area contributed by atoms with Gasteiger partial charge in [0.2, 0.25) is 0 Å². The van der Waals surface area contributed by atoms with Crippen molar-refractivity contribution in [1.82, 2.24) is 0 Å². The first-order chi connectivity index (χ1) is 16.2. The Kier molecular flexibility index (Phi) is 8.91. The van der Waals surface area contributed by atoms with Gasteiger partial charge in [0.25, 0.3) is 0 Å². The fourth-order valence-electron chi connectivity index (χ4n) is 3.62. The highest BCUT2D eigenvalue weighted by atomic mass is 16.7. The largest absolute Gasteiger partial charge is 0.466 e. The molecule has 0 spiro atoms. The first-order valence-electron chi connectivity index (χ1n) is 10.6. The standard InChI is InChI=1S/C23H28O11/c1-31-22(30)13-9-14(24)18(26)15(10-13)33-23-21(29)20(28)19(27)16(34-23)11-32-17(25)8-7-12-5-3-2-4-6-12/h2-9,14-16,18-21,23-24,26-29H,10-11H2,1H3. The summed E-state index contributed by atoms with van der Waals surface area (Å²) in [6.07, 6.45) is -8.30. The van der Waals surface area contributed by atoms with E-state index in [4.69, 9.17) is 14.2 Å². The van der Waals surface area contributed by atoms with Crippen LogP contribution in [0.25, 0.3) is 6.08 Å². The third kappa shape index (κ3) is 6.27. The van der Waals surface area contributed by atoms with Crippen molar-refractivity contribution in [1.29, 1.82) is 0 Å². The molecule has 1 aliphatic carbocycles. The maximum absolute atomic E-state index is 12.0. The van der Waals surface area contributed by atoms with Gasteiger partial charge >= 0.3 is 11.9 Å². The minimum absolute atomic E-state index is 0.0480. The first-order valence-corrected chi connectivity index (χ1v) is 10.6. The number of benzene rings is 1. The molecule has 0 radical (unpaired) electrons. The van der Waals surface area contributed by atoms with Gasteiger partial charge in [-0.05, 0) is 17.7 Å². The molecule has 11 heteroatoms. The Hall–Kier alpha value is -2.64. The Morgan fingerprint density at radius 1 is 1.03 bits per heavy atom. The van der Waals surface area contributed by atoms with Crippen LogP contribution < -0.4 is 0 Å². The summed E-state index contributed by atoms with van der Waals surface area (Å²) < 4.78 is 20.7. The van der Waals surface area contributed by atoms with Crippen molar-refractivity contribution in [2.24, 2.45) is 0 Å². The van der Waals surface area contributed by atoms with E-state index in [0.717, 1.165) is 18.7 Å². The van der Waals surface area contributed by atoms with Crippen molar-refractivity contribution in [3.63, 3.8) is 0 Å². The van der Waals surface area contributed by atoms with Crippen molar-refractivity contribution < 1.29 is 54.1 Å². The van der Waals surface area contributed by atoms with E-state index >= 15 is 0 Å². The minimum Gasteiger partial charge on any atom is -0.466 e. The van der Waals surface area contributed by atoms with Crippen LogP contribution in [-0.4, -0.2) is 100 Å². The maximum atomic E-state index is 12.0. The number of aliphatic hydroxyl groups is 5. The minimum atomic E-state index is -1.73. The number of aliphatic hydroxyl groups excluding tert-OH is 5. The molecule has 1 aromatic rings. The van der Waals surface area contributed by atoms with E-state index in [-0.39, 0.29) is 12.0 Å². The molecule has 1 heterocycles. The van der Waals surface area contributed by atoms with Crippen molar-refractivity contribution in [3.05, 3.63) is 53.6 Å². The van der Waals surface area contributed by atoms with E-state index in [1.165, 1.54) is 12.2 Å². The van der Waals surface area contributed by atoms with Crippen molar-refractivity contribution in [3.8, 4) is 0 Å². The highest BCUT2D eigenvalue weighted by molar-refractivity contribution is 5.88. The normalized spacial score (nSPS) is 33.9. The molecular weight excluding hydrogens is 452 g/mol. The number of esters is 2. The predicted molar refractivity (Wildman–Crippen MR) is 115 cm³/mol. The number of hydrogen-bond acceptors (Lipinski definition) is 11. The summed E-state index contributed by atoms with van der Waals surface area (Å²) in [5.41, 5.74) is 0.820. The van der Waals surface area contributed by atoms with Gasteiger partial charge in [-0.15, -0.1) is 0 Å². The molecular formula is C23H28O11. The van der Waals surface area contributed by atoms with Gasteiger partial charge < -0.3 is 44.5 Å². The Bertz CT molecular complexity index is 899. The van der Waals surface area contributed by atoms with E-state index < -0.39 is 67.6 Å². The summed E-state index contributed by atoms with van der Waals surface area (Å²) in [4.78, 5) is 23.8. The first kappa shape index (κ1) is 26.0. The second-order valence-electron chi connectivity index (χ2n) is 7.93. The van der Waals surface area contributed by atoms with Gasteiger partial charge in [0.15, 0.2) is 6.29 Å². The highest BCUT2D eigenvalue weighted by Crippen LogP contribution is 2.29. The molecule has 5 N–H and O–H groups in total. The molecule has 1 aromatic carbocycles. The fourth-order valence-corrected chi connectivity index (χ4v) is 3.62. The number of hydrogen-bond donors (Lipinski definition) is 5. The highest BCUT2D eigenvalue weighted by Gasteiger charge is 2.47. The number of carbonyl (C=O) groups excluding carboxylic acids is 2.